The second-order valence-corrected chi connectivity index (χ2v) is 9.25. The minimum atomic E-state index is -0.518. The summed E-state index contributed by atoms with van der Waals surface area (Å²) in [4.78, 5) is 28.6. The molecule has 2 heterocycles. The fraction of sp³-hybridized carbons (Fsp3) is 0.150. The molecule has 1 N–H and O–H groups in total. The van der Waals surface area contributed by atoms with Gasteiger partial charge in [0.2, 0.25) is 11.8 Å². The minimum absolute atomic E-state index is 0.0577. The van der Waals surface area contributed by atoms with Gasteiger partial charge in [-0.2, -0.15) is 0 Å². The maximum Gasteiger partial charge on any atom is 0.339 e. The van der Waals surface area contributed by atoms with Crippen molar-refractivity contribution in [1.29, 1.82) is 0 Å². The van der Waals surface area contributed by atoms with Crippen molar-refractivity contribution in [2.75, 3.05) is 18.2 Å². The van der Waals surface area contributed by atoms with Crippen molar-refractivity contribution in [2.45, 2.75) is 15.3 Å². The highest BCUT2D eigenvalue weighted by atomic mass is 32.2. The third-order valence-electron chi connectivity index (χ3n) is 3.97. The third-order valence-corrected chi connectivity index (χ3v) is 6.96. The highest BCUT2D eigenvalue weighted by Gasteiger charge is 2.15. The lowest BCUT2D eigenvalue weighted by Crippen LogP contribution is -2.17. The molecule has 0 spiro atoms. The Morgan fingerprint density at radius 1 is 1.10 bits per heavy atom. The SMILES string of the molecule is COC(=O)c1ccccc1NC(=O)CSc1nnc(CSc2nc3ccccc3s2)o1. The number of benzene rings is 2. The number of ether oxygens (including phenoxy) is 1. The average molecular weight is 473 g/mol. The van der Waals surface area contributed by atoms with Crippen LogP contribution in [0.5, 0.6) is 0 Å². The van der Waals surface area contributed by atoms with Crippen molar-refractivity contribution in [2.24, 2.45) is 0 Å². The van der Waals surface area contributed by atoms with Crippen LogP contribution >= 0.6 is 34.9 Å². The molecule has 0 unspecified atom stereocenters. The molecule has 1 amide bonds. The van der Waals surface area contributed by atoms with Crippen LogP contribution in [0.25, 0.3) is 10.2 Å². The van der Waals surface area contributed by atoms with Crippen molar-refractivity contribution >= 4 is 62.6 Å². The Kier molecular flexibility index (Phi) is 6.85. The van der Waals surface area contributed by atoms with Gasteiger partial charge in [0.25, 0.3) is 5.22 Å². The molecule has 0 aliphatic carbocycles. The molecule has 2 aromatic carbocycles. The number of fused-ring (bicyclic) bond motifs is 1. The largest absolute Gasteiger partial charge is 0.465 e. The number of hydrogen-bond donors (Lipinski definition) is 1. The van der Waals surface area contributed by atoms with E-state index in [-0.39, 0.29) is 17.2 Å². The Labute approximate surface area is 189 Å². The van der Waals surface area contributed by atoms with Crippen LogP contribution in [0.2, 0.25) is 0 Å². The van der Waals surface area contributed by atoms with Crippen molar-refractivity contribution in [3.8, 4) is 0 Å². The number of rotatable bonds is 8. The van der Waals surface area contributed by atoms with Gasteiger partial charge in [0.05, 0.1) is 40.1 Å². The second-order valence-electron chi connectivity index (χ2n) is 6.07. The van der Waals surface area contributed by atoms with Crippen LogP contribution < -0.4 is 5.32 Å². The van der Waals surface area contributed by atoms with E-state index in [4.69, 9.17) is 9.15 Å². The number of aromatic nitrogens is 3. The lowest BCUT2D eigenvalue weighted by molar-refractivity contribution is -0.113. The Bertz CT molecular complexity index is 1190. The number of nitrogens with one attached hydrogen (secondary N) is 1. The van der Waals surface area contributed by atoms with Crippen molar-refractivity contribution < 1.29 is 18.7 Å². The number of nitrogens with zero attached hydrogens (tertiary/aromatic N) is 3. The van der Waals surface area contributed by atoms with E-state index in [2.05, 4.69) is 20.5 Å². The molecule has 0 aliphatic heterocycles. The number of carbonyl (C=O) groups is 2. The minimum Gasteiger partial charge on any atom is -0.465 e. The first-order valence-electron chi connectivity index (χ1n) is 9.03. The molecular formula is C20H16N4O4S3. The van der Waals surface area contributed by atoms with Gasteiger partial charge in [-0.05, 0) is 24.3 Å². The highest BCUT2D eigenvalue weighted by Crippen LogP contribution is 2.31. The number of carbonyl (C=O) groups excluding carboxylic acids is 2. The zero-order chi connectivity index (χ0) is 21.6. The van der Waals surface area contributed by atoms with E-state index in [1.807, 2.05) is 24.3 Å². The summed E-state index contributed by atoms with van der Waals surface area (Å²) in [6.45, 7) is 0. The molecule has 0 fully saturated rings. The number of amides is 1. The smallest absolute Gasteiger partial charge is 0.339 e. The quantitative estimate of drug-likeness (QED) is 0.293. The molecule has 31 heavy (non-hydrogen) atoms. The molecule has 0 atom stereocenters. The summed E-state index contributed by atoms with van der Waals surface area (Å²) in [5.41, 5.74) is 1.64. The number of esters is 1. The van der Waals surface area contributed by atoms with Gasteiger partial charge in [-0.25, -0.2) is 9.78 Å². The number of anilines is 1. The standard InChI is InChI=1S/C20H16N4O4S3/c1-27-18(26)12-6-2-3-7-13(12)21-16(25)10-29-19-24-23-17(28-19)11-30-20-22-14-8-4-5-9-15(14)31-20/h2-9H,10-11H2,1H3,(H,21,25). The molecule has 0 saturated carbocycles. The lowest BCUT2D eigenvalue weighted by atomic mass is 10.2. The molecule has 0 radical (unpaired) electrons. The fourth-order valence-electron chi connectivity index (χ4n) is 2.58. The summed E-state index contributed by atoms with van der Waals surface area (Å²) in [5, 5.41) is 11.0. The van der Waals surface area contributed by atoms with Gasteiger partial charge in [-0.1, -0.05) is 47.8 Å². The predicted octanol–water partition coefficient (Wildman–Crippen LogP) is 4.49. The maximum atomic E-state index is 12.3. The molecule has 11 heteroatoms. The van der Waals surface area contributed by atoms with Crippen LogP contribution in [0.4, 0.5) is 5.69 Å². The number of thiazole rings is 1. The van der Waals surface area contributed by atoms with Gasteiger partial charge < -0.3 is 14.5 Å². The van der Waals surface area contributed by atoms with E-state index < -0.39 is 5.97 Å². The monoisotopic (exact) mass is 472 g/mol. The number of para-hydroxylation sites is 2. The molecule has 0 aliphatic rings. The normalized spacial score (nSPS) is 10.9. The highest BCUT2D eigenvalue weighted by molar-refractivity contribution is 8.00. The first kappa shape index (κ1) is 21.3. The molecule has 0 bridgehead atoms. The Morgan fingerprint density at radius 2 is 1.90 bits per heavy atom. The predicted molar refractivity (Wildman–Crippen MR) is 121 cm³/mol. The van der Waals surface area contributed by atoms with Gasteiger partial charge in [-0.3, -0.25) is 4.79 Å². The van der Waals surface area contributed by atoms with E-state index in [1.54, 1.807) is 35.6 Å². The zero-order valence-electron chi connectivity index (χ0n) is 16.2. The van der Waals surface area contributed by atoms with Crippen molar-refractivity contribution in [3.05, 3.63) is 60.0 Å². The van der Waals surface area contributed by atoms with Gasteiger partial charge in [-0.15, -0.1) is 21.5 Å². The molecule has 4 aromatic rings. The summed E-state index contributed by atoms with van der Waals surface area (Å²) in [6.07, 6.45) is 0. The molecule has 8 nitrogen and oxygen atoms in total. The molecule has 2 aromatic heterocycles. The van der Waals surface area contributed by atoms with Gasteiger partial charge in [0.1, 0.15) is 0 Å². The van der Waals surface area contributed by atoms with Crippen molar-refractivity contribution in [1.82, 2.24) is 15.2 Å². The van der Waals surface area contributed by atoms with Crippen LogP contribution in [0.1, 0.15) is 16.2 Å². The fourth-order valence-corrected chi connectivity index (χ4v) is 5.07. The van der Waals surface area contributed by atoms with E-state index in [0.29, 0.717) is 22.6 Å². The lowest BCUT2D eigenvalue weighted by Gasteiger charge is -2.08. The summed E-state index contributed by atoms with van der Waals surface area (Å²) in [6, 6.07) is 14.6. The van der Waals surface area contributed by atoms with E-state index in [9.17, 15) is 9.59 Å². The Hall–Kier alpha value is -2.89. The average Bonchev–Trinajstić information content (AvgIpc) is 3.42. The molecule has 4 rings (SSSR count). The maximum absolute atomic E-state index is 12.3. The summed E-state index contributed by atoms with van der Waals surface area (Å²) < 4.78 is 12.4. The molecular weight excluding hydrogens is 456 g/mol. The summed E-state index contributed by atoms with van der Waals surface area (Å²) in [7, 11) is 1.29. The van der Waals surface area contributed by atoms with Crippen LogP contribution in [0.3, 0.4) is 0 Å². The second kappa shape index (κ2) is 9.94. The first-order valence-corrected chi connectivity index (χ1v) is 11.8. The third kappa shape index (κ3) is 5.43. The van der Waals surface area contributed by atoms with E-state index in [1.165, 1.54) is 18.9 Å². The number of hydrogen-bond acceptors (Lipinski definition) is 10. The van der Waals surface area contributed by atoms with Crippen LogP contribution in [-0.4, -0.2) is 39.9 Å². The zero-order valence-corrected chi connectivity index (χ0v) is 18.7. The van der Waals surface area contributed by atoms with Crippen LogP contribution in [-0.2, 0) is 15.3 Å². The Balaban J connectivity index is 1.29. The number of thioether (sulfide) groups is 2. The van der Waals surface area contributed by atoms with E-state index >= 15 is 0 Å². The summed E-state index contributed by atoms with van der Waals surface area (Å²) >= 11 is 4.26. The van der Waals surface area contributed by atoms with Crippen LogP contribution in [0.15, 0.2) is 62.5 Å². The van der Waals surface area contributed by atoms with Crippen LogP contribution in [0, 0.1) is 0 Å². The molecule has 158 valence electrons. The molecule has 0 saturated heterocycles. The first-order chi connectivity index (χ1) is 15.1. The van der Waals surface area contributed by atoms with Gasteiger partial charge in [0.15, 0.2) is 4.34 Å². The van der Waals surface area contributed by atoms with Gasteiger partial charge in [0, 0.05) is 0 Å². The van der Waals surface area contributed by atoms with E-state index in [0.717, 1.165) is 26.3 Å². The summed E-state index contributed by atoms with van der Waals surface area (Å²) in [5.74, 6) is 0.192. The van der Waals surface area contributed by atoms with Crippen molar-refractivity contribution in [3.63, 3.8) is 0 Å². The van der Waals surface area contributed by atoms with Gasteiger partial charge >= 0.3 is 5.97 Å². The number of methoxy groups -OCH3 is 1. The topological polar surface area (TPSA) is 107 Å². The Morgan fingerprint density at radius 3 is 2.74 bits per heavy atom.